The van der Waals surface area contributed by atoms with Crippen LogP contribution in [0.5, 0.6) is 0 Å². The molecule has 2 aromatic carbocycles. The number of carbonyl (C=O) groups excluding carboxylic acids is 2. The van der Waals surface area contributed by atoms with Crippen molar-refractivity contribution in [3.8, 4) is 0 Å². The number of carbonyl (C=O) groups is 2. The first-order valence-electron chi connectivity index (χ1n) is 9.58. The zero-order valence-corrected chi connectivity index (χ0v) is 16.8. The van der Waals surface area contributed by atoms with Gasteiger partial charge in [-0.15, -0.1) is 12.4 Å². The Morgan fingerprint density at radius 1 is 1.14 bits per heavy atom. The predicted octanol–water partition coefficient (Wildman–Crippen LogP) is 4.66. The summed E-state index contributed by atoms with van der Waals surface area (Å²) in [5.41, 5.74) is 4.98. The Labute approximate surface area is 172 Å². The number of anilines is 1. The molecule has 0 aliphatic carbocycles. The first-order valence-corrected chi connectivity index (χ1v) is 9.58. The predicted molar refractivity (Wildman–Crippen MR) is 115 cm³/mol. The van der Waals surface area contributed by atoms with E-state index in [1.165, 1.54) is 43.5 Å². The summed E-state index contributed by atoms with van der Waals surface area (Å²) in [6.45, 7) is 3.85. The summed E-state index contributed by atoms with van der Waals surface area (Å²) in [4.78, 5) is 26.6. The molecule has 1 amide bonds. The lowest BCUT2D eigenvalue weighted by molar-refractivity contribution is -0.111. The first-order chi connectivity index (χ1) is 13.1. The largest absolute Gasteiger partial charge is 0.323 e. The van der Waals surface area contributed by atoms with Crippen LogP contribution in [0.2, 0.25) is 0 Å². The highest BCUT2D eigenvalue weighted by Crippen LogP contribution is 2.38. The molecule has 0 bridgehead atoms. The molecule has 2 heterocycles. The summed E-state index contributed by atoms with van der Waals surface area (Å²) in [6, 6.07) is 14.1. The molecule has 1 atom stereocenters. The maximum atomic E-state index is 12.4. The average Bonchev–Trinajstić information content (AvgIpc) is 3.16. The van der Waals surface area contributed by atoms with E-state index >= 15 is 0 Å². The number of halogens is 1. The van der Waals surface area contributed by atoms with Crippen LogP contribution in [0.3, 0.4) is 0 Å². The number of hydrogen-bond acceptors (Lipinski definition) is 3. The number of fused-ring (bicyclic) bond motifs is 3. The number of benzene rings is 2. The Hall–Kier alpha value is -2.43. The number of hydrogen-bond donors (Lipinski definition) is 1. The van der Waals surface area contributed by atoms with Gasteiger partial charge in [0.2, 0.25) is 5.91 Å². The molecule has 1 saturated heterocycles. The smallest absolute Gasteiger partial charge is 0.248 e. The number of Topliss-reactive ketones (excluding diaryl/α,β-unsaturated/α-hetero) is 1. The van der Waals surface area contributed by atoms with Crippen molar-refractivity contribution in [3.63, 3.8) is 0 Å². The highest BCUT2D eigenvalue weighted by Gasteiger charge is 2.31. The van der Waals surface area contributed by atoms with Gasteiger partial charge in [0.15, 0.2) is 5.78 Å². The van der Waals surface area contributed by atoms with Gasteiger partial charge in [0.05, 0.1) is 0 Å². The van der Waals surface area contributed by atoms with Crippen molar-refractivity contribution in [1.29, 1.82) is 0 Å². The highest BCUT2D eigenvalue weighted by atomic mass is 35.5. The van der Waals surface area contributed by atoms with Gasteiger partial charge in [-0.25, -0.2) is 0 Å². The Morgan fingerprint density at radius 2 is 1.96 bits per heavy atom. The fourth-order valence-electron chi connectivity index (χ4n) is 4.23. The van der Waals surface area contributed by atoms with E-state index in [1.807, 2.05) is 24.3 Å². The van der Waals surface area contributed by atoms with Crippen LogP contribution in [0.1, 0.15) is 52.9 Å². The van der Waals surface area contributed by atoms with Gasteiger partial charge < -0.3 is 5.32 Å². The average molecular weight is 397 g/mol. The SMILES string of the molecule is CC(=O)c1ccccc1C=CC(=O)Nc1ccc2c(c1)C1CCCN1CC2.Cl. The minimum atomic E-state index is -0.188. The standard InChI is InChI=1S/C23H24N2O2.ClH/c1-16(26)20-6-3-2-5-17(20)9-11-23(27)24-19-10-8-18-12-14-25-13-4-7-22(25)21(18)15-19;/h2-3,5-6,8-11,15,22H,4,7,12-14H2,1H3,(H,24,27);1H. The lowest BCUT2D eigenvalue weighted by Gasteiger charge is -2.32. The summed E-state index contributed by atoms with van der Waals surface area (Å²) in [5.74, 6) is -0.196. The zero-order valence-electron chi connectivity index (χ0n) is 16.0. The lowest BCUT2D eigenvalue weighted by atomic mass is 9.92. The van der Waals surface area contributed by atoms with Crippen molar-refractivity contribution in [2.24, 2.45) is 0 Å². The van der Waals surface area contributed by atoms with Crippen molar-refractivity contribution >= 4 is 35.9 Å². The maximum absolute atomic E-state index is 12.4. The van der Waals surface area contributed by atoms with E-state index in [1.54, 1.807) is 12.1 Å². The number of rotatable bonds is 4. The minimum Gasteiger partial charge on any atom is -0.323 e. The molecule has 2 aromatic rings. The second kappa shape index (κ2) is 8.72. The fourth-order valence-corrected chi connectivity index (χ4v) is 4.23. The van der Waals surface area contributed by atoms with Gasteiger partial charge in [0.25, 0.3) is 0 Å². The molecule has 0 radical (unpaired) electrons. The van der Waals surface area contributed by atoms with Crippen LogP contribution in [-0.4, -0.2) is 29.7 Å². The Morgan fingerprint density at radius 3 is 2.79 bits per heavy atom. The molecule has 2 aliphatic rings. The summed E-state index contributed by atoms with van der Waals surface area (Å²) >= 11 is 0. The number of ketones is 1. The van der Waals surface area contributed by atoms with Crippen LogP contribution in [0.25, 0.3) is 6.08 Å². The molecule has 1 fully saturated rings. The van der Waals surface area contributed by atoms with Crippen LogP contribution in [0.15, 0.2) is 48.5 Å². The molecule has 1 N–H and O–H groups in total. The molecule has 4 nitrogen and oxygen atoms in total. The summed E-state index contributed by atoms with van der Waals surface area (Å²) < 4.78 is 0. The third-order valence-corrected chi connectivity index (χ3v) is 5.56. The quantitative estimate of drug-likeness (QED) is 0.604. The van der Waals surface area contributed by atoms with Crippen LogP contribution in [-0.2, 0) is 11.2 Å². The topological polar surface area (TPSA) is 49.4 Å². The first kappa shape index (κ1) is 20.3. The molecular formula is C23H25ClN2O2. The summed E-state index contributed by atoms with van der Waals surface area (Å²) in [7, 11) is 0. The second-order valence-corrected chi connectivity index (χ2v) is 7.32. The lowest BCUT2D eigenvalue weighted by Crippen LogP contribution is -2.30. The van der Waals surface area contributed by atoms with Crippen molar-refractivity contribution in [1.82, 2.24) is 4.90 Å². The van der Waals surface area contributed by atoms with Gasteiger partial charge in [-0.05, 0) is 67.6 Å². The Balaban J connectivity index is 0.00000225. The van der Waals surface area contributed by atoms with Crippen molar-refractivity contribution < 1.29 is 9.59 Å². The zero-order chi connectivity index (χ0) is 18.8. The van der Waals surface area contributed by atoms with Crippen LogP contribution in [0.4, 0.5) is 5.69 Å². The molecular weight excluding hydrogens is 372 g/mol. The molecule has 2 aliphatic heterocycles. The Bertz CT molecular complexity index is 923. The monoisotopic (exact) mass is 396 g/mol. The van der Waals surface area contributed by atoms with E-state index in [0.717, 1.165) is 24.2 Å². The number of amides is 1. The number of nitrogens with zero attached hydrogens (tertiary/aromatic N) is 1. The molecule has 4 rings (SSSR count). The van der Waals surface area contributed by atoms with Crippen molar-refractivity contribution in [2.75, 3.05) is 18.4 Å². The number of nitrogens with one attached hydrogen (secondary N) is 1. The maximum Gasteiger partial charge on any atom is 0.248 e. The molecule has 146 valence electrons. The molecule has 5 heteroatoms. The van der Waals surface area contributed by atoms with E-state index in [4.69, 9.17) is 0 Å². The molecule has 0 spiro atoms. The normalized spacial score (nSPS) is 18.2. The van der Waals surface area contributed by atoms with Gasteiger partial charge in [-0.3, -0.25) is 14.5 Å². The fraction of sp³-hybridized carbons (Fsp3) is 0.304. The minimum absolute atomic E-state index is 0. The van der Waals surface area contributed by atoms with Crippen LogP contribution in [0, 0.1) is 0 Å². The van der Waals surface area contributed by atoms with Crippen molar-refractivity contribution in [2.45, 2.75) is 32.2 Å². The van der Waals surface area contributed by atoms with Gasteiger partial charge in [-0.1, -0.05) is 30.3 Å². The third kappa shape index (κ3) is 4.18. The van der Waals surface area contributed by atoms with E-state index < -0.39 is 0 Å². The summed E-state index contributed by atoms with van der Waals surface area (Å²) in [5, 5.41) is 2.96. The molecule has 0 aromatic heterocycles. The Kier molecular flexibility index (Phi) is 6.32. The van der Waals surface area contributed by atoms with Crippen LogP contribution >= 0.6 is 12.4 Å². The van der Waals surface area contributed by atoms with Crippen LogP contribution < -0.4 is 5.32 Å². The van der Waals surface area contributed by atoms with Crippen molar-refractivity contribution in [3.05, 3.63) is 70.8 Å². The third-order valence-electron chi connectivity index (χ3n) is 5.56. The molecule has 0 saturated carbocycles. The summed E-state index contributed by atoms with van der Waals surface area (Å²) in [6.07, 6.45) is 6.72. The molecule has 28 heavy (non-hydrogen) atoms. The van der Waals surface area contributed by atoms with E-state index in [-0.39, 0.29) is 24.1 Å². The second-order valence-electron chi connectivity index (χ2n) is 7.32. The van der Waals surface area contributed by atoms with Gasteiger partial charge in [-0.2, -0.15) is 0 Å². The van der Waals surface area contributed by atoms with E-state index in [0.29, 0.717) is 11.6 Å². The van der Waals surface area contributed by atoms with E-state index in [2.05, 4.69) is 22.3 Å². The highest BCUT2D eigenvalue weighted by molar-refractivity contribution is 6.04. The molecule has 1 unspecified atom stereocenters. The van der Waals surface area contributed by atoms with Gasteiger partial charge in [0, 0.05) is 29.9 Å². The van der Waals surface area contributed by atoms with Gasteiger partial charge >= 0.3 is 0 Å². The van der Waals surface area contributed by atoms with E-state index in [9.17, 15) is 9.59 Å². The van der Waals surface area contributed by atoms with Gasteiger partial charge in [0.1, 0.15) is 0 Å².